The second kappa shape index (κ2) is 4.75. The summed E-state index contributed by atoms with van der Waals surface area (Å²) in [6, 6.07) is 23.2. The highest BCUT2D eigenvalue weighted by Crippen LogP contribution is 2.29. The van der Waals surface area contributed by atoms with Crippen molar-refractivity contribution in [3.05, 3.63) is 90.3 Å². The third-order valence-corrected chi connectivity index (χ3v) is 4.41. The van der Waals surface area contributed by atoms with Gasteiger partial charge in [0.15, 0.2) is 0 Å². The fourth-order valence-electron chi connectivity index (χ4n) is 3.33. The van der Waals surface area contributed by atoms with Crippen LogP contribution in [0.15, 0.2) is 83.5 Å². The summed E-state index contributed by atoms with van der Waals surface area (Å²) in [7, 11) is 0. The van der Waals surface area contributed by atoms with Gasteiger partial charge in [-0.1, -0.05) is 36.4 Å². The van der Waals surface area contributed by atoms with Crippen molar-refractivity contribution in [1.82, 2.24) is 4.40 Å². The molecule has 0 amide bonds. The maximum Gasteiger partial charge on any atom is 0.135 e. The average molecular weight is 297 g/mol. The van der Waals surface area contributed by atoms with Gasteiger partial charge < -0.3 is 8.82 Å². The van der Waals surface area contributed by atoms with Crippen molar-refractivity contribution in [3.63, 3.8) is 0 Å². The quantitative estimate of drug-likeness (QED) is 0.425. The lowest BCUT2D eigenvalue weighted by atomic mass is 10.1. The SMILES string of the molecule is c1ccc2c(c1)oc1cc(Cc3cc4ccccn4c3)ccc12. The van der Waals surface area contributed by atoms with Crippen LogP contribution in [0.2, 0.25) is 0 Å². The predicted octanol–water partition coefficient (Wildman–Crippen LogP) is 5.43. The Hall–Kier alpha value is -3.00. The summed E-state index contributed by atoms with van der Waals surface area (Å²) in [5, 5.41) is 2.37. The molecule has 23 heavy (non-hydrogen) atoms. The number of benzene rings is 2. The third-order valence-electron chi connectivity index (χ3n) is 4.41. The fourth-order valence-corrected chi connectivity index (χ4v) is 3.33. The molecule has 0 saturated heterocycles. The van der Waals surface area contributed by atoms with Crippen LogP contribution in [0.4, 0.5) is 0 Å². The largest absolute Gasteiger partial charge is 0.456 e. The Morgan fingerprint density at radius 2 is 1.61 bits per heavy atom. The Balaban J connectivity index is 1.58. The van der Waals surface area contributed by atoms with E-state index < -0.39 is 0 Å². The van der Waals surface area contributed by atoms with Crippen LogP contribution in [-0.4, -0.2) is 4.40 Å². The molecule has 0 N–H and O–H groups in total. The molecule has 3 heterocycles. The van der Waals surface area contributed by atoms with Crippen LogP contribution >= 0.6 is 0 Å². The number of aromatic nitrogens is 1. The highest BCUT2D eigenvalue weighted by atomic mass is 16.3. The highest BCUT2D eigenvalue weighted by Gasteiger charge is 2.08. The number of pyridine rings is 1. The zero-order chi connectivity index (χ0) is 15.2. The van der Waals surface area contributed by atoms with E-state index in [2.05, 4.69) is 71.4 Å². The van der Waals surface area contributed by atoms with Gasteiger partial charge in [-0.25, -0.2) is 0 Å². The van der Waals surface area contributed by atoms with Crippen molar-refractivity contribution < 1.29 is 4.42 Å². The molecule has 3 aromatic heterocycles. The van der Waals surface area contributed by atoms with Crippen LogP contribution in [0.3, 0.4) is 0 Å². The monoisotopic (exact) mass is 297 g/mol. The molecule has 5 rings (SSSR count). The molecule has 0 spiro atoms. The number of para-hydroxylation sites is 1. The standard InChI is InChI=1S/C21H15NO/c1-2-7-20-18(6-1)19-9-8-15(13-21(19)23-20)11-16-12-17-5-3-4-10-22(17)14-16/h1-10,12-14H,11H2. The van der Waals surface area contributed by atoms with Crippen LogP contribution in [0.25, 0.3) is 27.5 Å². The molecule has 2 nitrogen and oxygen atoms in total. The molecule has 0 radical (unpaired) electrons. The normalized spacial score (nSPS) is 11.7. The third kappa shape index (κ3) is 2.03. The van der Waals surface area contributed by atoms with E-state index in [-0.39, 0.29) is 0 Å². The summed E-state index contributed by atoms with van der Waals surface area (Å²) in [4.78, 5) is 0. The summed E-state index contributed by atoms with van der Waals surface area (Å²) < 4.78 is 8.15. The fraction of sp³-hybridized carbons (Fsp3) is 0.0476. The zero-order valence-corrected chi connectivity index (χ0v) is 12.6. The van der Waals surface area contributed by atoms with E-state index in [4.69, 9.17) is 4.42 Å². The predicted molar refractivity (Wildman–Crippen MR) is 93.9 cm³/mol. The number of hydrogen-bond acceptors (Lipinski definition) is 1. The first-order chi connectivity index (χ1) is 11.4. The van der Waals surface area contributed by atoms with Crippen LogP contribution in [0.5, 0.6) is 0 Å². The van der Waals surface area contributed by atoms with E-state index in [0.717, 1.165) is 17.6 Å². The molecule has 110 valence electrons. The molecule has 0 saturated carbocycles. The van der Waals surface area contributed by atoms with Crippen LogP contribution in [0, 0.1) is 0 Å². The molecule has 2 aromatic carbocycles. The lowest BCUT2D eigenvalue weighted by molar-refractivity contribution is 0.668. The van der Waals surface area contributed by atoms with E-state index in [1.54, 1.807) is 0 Å². The summed E-state index contributed by atoms with van der Waals surface area (Å²) in [6.45, 7) is 0. The van der Waals surface area contributed by atoms with Crippen molar-refractivity contribution in [2.45, 2.75) is 6.42 Å². The van der Waals surface area contributed by atoms with E-state index in [0.29, 0.717) is 0 Å². The Bertz CT molecular complexity index is 1110. The molecule has 0 aliphatic rings. The van der Waals surface area contributed by atoms with Gasteiger partial charge in [-0.3, -0.25) is 0 Å². The molecule has 2 heteroatoms. The number of furan rings is 1. The topological polar surface area (TPSA) is 17.6 Å². The van der Waals surface area contributed by atoms with Crippen molar-refractivity contribution in [2.75, 3.05) is 0 Å². The molecule has 5 aromatic rings. The summed E-state index contributed by atoms with van der Waals surface area (Å²) >= 11 is 0. The number of fused-ring (bicyclic) bond motifs is 4. The molecule has 0 unspecified atom stereocenters. The number of hydrogen-bond donors (Lipinski definition) is 0. The minimum absolute atomic E-state index is 0.911. The second-order valence-corrected chi connectivity index (χ2v) is 5.99. The van der Waals surface area contributed by atoms with Crippen molar-refractivity contribution in [1.29, 1.82) is 0 Å². The first kappa shape index (κ1) is 12.5. The Morgan fingerprint density at radius 3 is 2.57 bits per heavy atom. The van der Waals surface area contributed by atoms with E-state index in [9.17, 15) is 0 Å². The molecular weight excluding hydrogens is 282 g/mol. The Labute approximate surface area is 133 Å². The van der Waals surface area contributed by atoms with Crippen LogP contribution in [0.1, 0.15) is 11.1 Å². The van der Waals surface area contributed by atoms with Gasteiger partial charge in [-0.15, -0.1) is 0 Å². The lowest BCUT2D eigenvalue weighted by Crippen LogP contribution is -1.85. The summed E-state index contributed by atoms with van der Waals surface area (Å²) in [6.07, 6.45) is 5.19. The van der Waals surface area contributed by atoms with E-state index in [1.165, 1.54) is 27.4 Å². The van der Waals surface area contributed by atoms with Crippen molar-refractivity contribution in [2.24, 2.45) is 0 Å². The maximum atomic E-state index is 5.98. The minimum atomic E-state index is 0.911. The molecule has 0 bridgehead atoms. The Kier molecular flexibility index (Phi) is 2.59. The van der Waals surface area contributed by atoms with Crippen LogP contribution in [-0.2, 0) is 6.42 Å². The molecular formula is C21H15NO. The van der Waals surface area contributed by atoms with Crippen molar-refractivity contribution in [3.8, 4) is 0 Å². The zero-order valence-electron chi connectivity index (χ0n) is 12.6. The second-order valence-electron chi connectivity index (χ2n) is 5.99. The van der Waals surface area contributed by atoms with Crippen LogP contribution < -0.4 is 0 Å². The van der Waals surface area contributed by atoms with Gasteiger partial charge in [0.1, 0.15) is 11.2 Å². The van der Waals surface area contributed by atoms with Crippen molar-refractivity contribution >= 4 is 27.5 Å². The minimum Gasteiger partial charge on any atom is -0.456 e. The summed E-state index contributed by atoms with van der Waals surface area (Å²) in [5.74, 6) is 0. The smallest absolute Gasteiger partial charge is 0.135 e. The maximum absolute atomic E-state index is 5.98. The van der Waals surface area contributed by atoms with E-state index >= 15 is 0 Å². The first-order valence-electron chi connectivity index (χ1n) is 7.83. The lowest BCUT2D eigenvalue weighted by Gasteiger charge is -1.99. The van der Waals surface area contributed by atoms with Gasteiger partial charge in [0.2, 0.25) is 0 Å². The van der Waals surface area contributed by atoms with Gasteiger partial charge in [0.05, 0.1) is 0 Å². The van der Waals surface area contributed by atoms with Gasteiger partial charge in [0.25, 0.3) is 0 Å². The average Bonchev–Trinajstić information content (AvgIpc) is 3.14. The molecule has 0 atom stereocenters. The molecule has 0 aliphatic heterocycles. The van der Waals surface area contributed by atoms with Gasteiger partial charge in [0, 0.05) is 28.7 Å². The molecule has 0 fully saturated rings. The van der Waals surface area contributed by atoms with E-state index in [1.807, 2.05) is 12.1 Å². The van der Waals surface area contributed by atoms with Gasteiger partial charge in [-0.2, -0.15) is 0 Å². The number of rotatable bonds is 2. The molecule has 0 aliphatic carbocycles. The van der Waals surface area contributed by atoms with Gasteiger partial charge >= 0.3 is 0 Å². The first-order valence-corrected chi connectivity index (χ1v) is 7.83. The Morgan fingerprint density at radius 1 is 0.739 bits per heavy atom. The summed E-state index contributed by atoms with van der Waals surface area (Å²) in [5.41, 5.74) is 5.73. The number of nitrogens with zero attached hydrogens (tertiary/aromatic N) is 1. The highest BCUT2D eigenvalue weighted by molar-refractivity contribution is 6.04. The van der Waals surface area contributed by atoms with Gasteiger partial charge in [-0.05, 0) is 47.9 Å².